The smallest absolute Gasteiger partial charge is 0.379 e. The van der Waals surface area contributed by atoms with E-state index in [2.05, 4.69) is 15.3 Å². The molecule has 0 saturated carbocycles. The molecule has 28 heavy (non-hydrogen) atoms. The minimum absolute atomic E-state index is 0.000444. The lowest BCUT2D eigenvalue weighted by Crippen LogP contribution is -2.43. The van der Waals surface area contributed by atoms with Gasteiger partial charge in [0.2, 0.25) is 0 Å². The minimum atomic E-state index is -4.47. The molecule has 2 atom stereocenters. The Morgan fingerprint density at radius 2 is 2.14 bits per heavy atom. The van der Waals surface area contributed by atoms with Crippen molar-refractivity contribution in [3.8, 4) is 0 Å². The normalized spacial score (nSPS) is 19.8. The van der Waals surface area contributed by atoms with Crippen LogP contribution in [0.3, 0.4) is 0 Å². The first-order valence-corrected chi connectivity index (χ1v) is 8.81. The highest BCUT2D eigenvalue weighted by Gasteiger charge is 2.36. The molecule has 1 aliphatic heterocycles. The van der Waals surface area contributed by atoms with Gasteiger partial charge in [-0.1, -0.05) is 6.92 Å². The molecule has 11 heteroatoms. The Morgan fingerprint density at radius 1 is 1.39 bits per heavy atom. The van der Waals surface area contributed by atoms with Gasteiger partial charge in [0, 0.05) is 36.9 Å². The predicted molar refractivity (Wildman–Crippen MR) is 96.8 cm³/mol. The molecule has 0 radical (unpaired) electrons. The number of aromatic nitrogens is 2. The van der Waals surface area contributed by atoms with E-state index in [1.807, 2.05) is 12.2 Å². The van der Waals surface area contributed by atoms with E-state index in [4.69, 9.17) is 5.73 Å². The third-order valence-electron chi connectivity index (χ3n) is 4.87. The summed E-state index contributed by atoms with van der Waals surface area (Å²) >= 11 is 0. The number of carbonyl (C=O) groups is 2. The van der Waals surface area contributed by atoms with Gasteiger partial charge in [0.05, 0.1) is 11.3 Å². The van der Waals surface area contributed by atoms with Crippen molar-refractivity contribution in [3.05, 3.63) is 24.0 Å². The van der Waals surface area contributed by atoms with Crippen molar-refractivity contribution in [2.24, 2.45) is 11.7 Å². The van der Waals surface area contributed by atoms with Gasteiger partial charge in [-0.25, -0.2) is 9.78 Å². The van der Waals surface area contributed by atoms with Crippen molar-refractivity contribution in [1.82, 2.24) is 20.2 Å². The number of alkyl halides is 3. The third-order valence-corrected chi connectivity index (χ3v) is 4.87. The molecule has 1 aliphatic rings. The number of rotatable bonds is 5. The van der Waals surface area contributed by atoms with Gasteiger partial charge in [-0.2, -0.15) is 13.2 Å². The lowest BCUT2D eigenvalue weighted by atomic mass is 10.00. The first-order chi connectivity index (χ1) is 13.2. The summed E-state index contributed by atoms with van der Waals surface area (Å²) in [6.45, 7) is 1.07. The Morgan fingerprint density at radius 3 is 2.79 bits per heavy atom. The fourth-order valence-corrected chi connectivity index (χ4v) is 3.44. The third kappa shape index (κ3) is 4.12. The quantitative estimate of drug-likeness (QED) is 0.617. The zero-order valence-electron chi connectivity index (χ0n) is 15.1. The number of hydrogen-bond donors (Lipinski definition) is 4. The van der Waals surface area contributed by atoms with Gasteiger partial charge in [0.15, 0.2) is 0 Å². The van der Waals surface area contributed by atoms with E-state index in [9.17, 15) is 22.8 Å². The zero-order chi connectivity index (χ0) is 20.5. The van der Waals surface area contributed by atoms with Crippen LogP contribution in [0, 0.1) is 5.92 Å². The van der Waals surface area contributed by atoms with E-state index >= 15 is 0 Å². The maximum Gasteiger partial charge on any atom is 0.405 e. The molecule has 2 aromatic rings. The van der Waals surface area contributed by atoms with E-state index in [0.717, 1.165) is 0 Å². The number of amides is 3. The van der Waals surface area contributed by atoms with Crippen LogP contribution in [0.15, 0.2) is 18.5 Å². The number of likely N-dealkylation sites (tertiary alicyclic amines) is 1. The van der Waals surface area contributed by atoms with Crippen LogP contribution >= 0.6 is 0 Å². The molecule has 8 nitrogen and oxygen atoms in total. The molecule has 3 heterocycles. The average Bonchev–Trinajstić information content (AvgIpc) is 3.25. The molecule has 0 bridgehead atoms. The number of aromatic amines is 1. The first-order valence-electron chi connectivity index (χ1n) is 8.81. The molecule has 2 unspecified atom stereocenters. The minimum Gasteiger partial charge on any atom is -0.379 e. The maximum absolute atomic E-state index is 12.3. The van der Waals surface area contributed by atoms with Crippen LogP contribution in [0.4, 0.5) is 23.7 Å². The van der Waals surface area contributed by atoms with Gasteiger partial charge in [0.1, 0.15) is 12.2 Å². The second-order valence-electron chi connectivity index (χ2n) is 6.75. The van der Waals surface area contributed by atoms with E-state index in [1.165, 1.54) is 11.1 Å². The predicted octanol–water partition coefficient (Wildman–Crippen LogP) is 2.06. The van der Waals surface area contributed by atoms with E-state index < -0.39 is 24.7 Å². The van der Waals surface area contributed by atoms with E-state index in [-0.39, 0.29) is 24.1 Å². The van der Waals surface area contributed by atoms with E-state index in [1.54, 1.807) is 12.3 Å². The first kappa shape index (κ1) is 19.8. The monoisotopic (exact) mass is 398 g/mol. The highest BCUT2D eigenvalue weighted by Crippen LogP contribution is 2.30. The molecule has 3 amide bonds. The number of carbonyl (C=O) groups excluding carboxylic acids is 2. The van der Waals surface area contributed by atoms with Gasteiger partial charge < -0.3 is 26.3 Å². The number of hydrogen-bond acceptors (Lipinski definition) is 4. The number of pyridine rings is 1. The molecule has 0 spiro atoms. The summed E-state index contributed by atoms with van der Waals surface area (Å²) in [5.74, 6) is -0.650. The SMILES string of the molecule is CCC1CN(C(=O)NCC(F)(F)F)CC1Nc1c(C(N)=O)cnc2[nH]ccc12. The Hall–Kier alpha value is -2.98. The molecule has 1 fully saturated rings. The lowest BCUT2D eigenvalue weighted by molar-refractivity contribution is -0.123. The molecular formula is C17H21F3N6O2. The van der Waals surface area contributed by atoms with Gasteiger partial charge in [0.25, 0.3) is 5.91 Å². The fraction of sp³-hybridized carbons (Fsp3) is 0.471. The largest absolute Gasteiger partial charge is 0.405 e. The van der Waals surface area contributed by atoms with Crippen molar-refractivity contribution >= 4 is 28.7 Å². The number of H-pyrrole nitrogens is 1. The van der Waals surface area contributed by atoms with Crippen molar-refractivity contribution in [3.63, 3.8) is 0 Å². The Labute approximate surface area is 158 Å². The number of anilines is 1. The van der Waals surface area contributed by atoms with Crippen LogP contribution < -0.4 is 16.4 Å². The fourth-order valence-electron chi connectivity index (χ4n) is 3.44. The van der Waals surface area contributed by atoms with Crippen LogP contribution in [0.2, 0.25) is 0 Å². The Kier molecular flexibility index (Phi) is 5.34. The highest BCUT2D eigenvalue weighted by molar-refractivity contribution is 6.06. The number of fused-ring (bicyclic) bond motifs is 1. The molecule has 5 N–H and O–H groups in total. The van der Waals surface area contributed by atoms with Gasteiger partial charge in [-0.05, 0) is 18.4 Å². The highest BCUT2D eigenvalue weighted by atomic mass is 19.4. The number of nitrogens with one attached hydrogen (secondary N) is 3. The van der Waals surface area contributed by atoms with Crippen LogP contribution in [0.1, 0.15) is 23.7 Å². The molecule has 0 aromatic carbocycles. The second-order valence-corrected chi connectivity index (χ2v) is 6.75. The molecule has 3 rings (SSSR count). The summed E-state index contributed by atoms with van der Waals surface area (Å²) in [4.78, 5) is 32.4. The van der Waals surface area contributed by atoms with Gasteiger partial charge in [-0.15, -0.1) is 0 Å². The van der Waals surface area contributed by atoms with Crippen molar-refractivity contribution in [2.45, 2.75) is 25.6 Å². The van der Waals surface area contributed by atoms with Crippen molar-refractivity contribution < 1.29 is 22.8 Å². The molecule has 1 saturated heterocycles. The van der Waals surface area contributed by atoms with Crippen LogP contribution in [-0.2, 0) is 0 Å². The number of nitrogens with zero attached hydrogens (tertiary/aromatic N) is 2. The van der Waals surface area contributed by atoms with Gasteiger partial charge >= 0.3 is 12.2 Å². The second kappa shape index (κ2) is 7.56. The molecule has 152 valence electrons. The van der Waals surface area contributed by atoms with Crippen molar-refractivity contribution in [1.29, 1.82) is 0 Å². The molecule has 0 aliphatic carbocycles. The number of halogens is 3. The van der Waals surface area contributed by atoms with Crippen LogP contribution in [0.5, 0.6) is 0 Å². The number of primary amides is 1. The number of nitrogens with two attached hydrogens (primary N) is 1. The summed E-state index contributed by atoms with van der Waals surface area (Å²) < 4.78 is 37.0. The summed E-state index contributed by atoms with van der Waals surface area (Å²) in [6, 6.07) is 0.734. The lowest BCUT2D eigenvalue weighted by Gasteiger charge is -2.21. The molecule has 2 aromatic heterocycles. The number of urea groups is 1. The topological polar surface area (TPSA) is 116 Å². The van der Waals surface area contributed by atoms with Crippen molar-refractivity contribution in [2.75, 3.05) is 25.0 Å². The molecular weight excluding hydrogens is 377 g/mol. The van der Waals surface area contributed by atoms with E-state index in [0.29, 0.717) is 29.7 Å². The maximum atomic E-state index is 12.3. The summed E-state index contributed by atoms with van der Waals surface area (Å²) in [6.07, 6.45) is -0.720. The summed E-state index contributed by atoms with van der Waals surface area (Å²) in [7, 11) is 0. The van der Waals surface area contributed by atoms with Gasteiger partial charge in [-0.3, -0.25) is 4.79 Å². The van der Waals surface area contributed by atoms with Crippen LogP contribution in [0.25, 0.3) is 11.0 Å². The Bertz CT molecular complexity index is 881. The zero-order valence-corrected chi connectivity index (χ0v) is 15.1. The Balaban J connectivity index is 1.80. The van der Waals surface area contributed by atoms with Crippen LogP contribution in [-0.4, -0.2) is 58.7 Å². The summed E-state index contributed by atoms with van der Waals surface area (Å²) in [5, 5.41) is 5.84. The average molecular weight is 398 g/mol. The standard InChI is InChI=1S/C17H21F3N6O2/c1-2-9-6-26(16(28)24-8-17(18,19)20)7-12(9)25-13-10-3-4-22-15(10)23-5-11(13)14(21)27/h3-5,9,12H,2,6-8H2,1H3,(H2,21,27)(H,24,28)(H2,22,23,25). The summed E-state index contributed by atoms with van der Waals surface area (Å²) in [5.41, 5.74) is 6.74.